The fraction of sp³-hybridized carbons (Fsp3) is 0.231. The zero-order valence-electron chi connectivity index (χ0n) is 11.8. The number of nitro benzene ring substituents is 1. The molecule has 23 heavy (non-hydrogen) atoms. The van der Waals surface area contributed by atoms with Gasteiger partial charge < -0.3 is 9.84 Å². The summed E-state index contributed by atoms with van der Waals surface area (Å²) in [4.78, 5) is 35.4. The molecule has 1 aromatic carbocycles. The van der Waals surface area contributed by atoms with E-state index in [-0.39, 0.29) is 38.6 Å². The first-order valence-electron chi connectivity index (χ1n) is 6.26. The molecule has 0 aromatic heterocycles. The zero-order valence-corrected chi connectivity index (χ0v) is 14.8. The topological polar surface area (TPSA) is 110 Å². The number of nitro groups is 1. The second kappa shape index (κ2) is 7.27. The van der Waals surface area contributed by atoms with Crippen LogP contribution in [0.5, 0.6) is 5.75 Å². The van der Waals surface area contributed by atoms with Gasteiger partial charge in [0.05, 0.1) is 26.6 Å². The summed E-state index contributed by atoms with van der Waals surface area (Å²) in [5.74, 6) is -0.696. The second-order valence-corrected chi connectivity index (χ2v) is 6.60. The molecular formula is C13H11IN2O6S. The van der Waals surface area contributed by atoms with Crippen LogP contribution in [0.3, 0.4) is 0 Å². The van der Waals surface area contributed by atoms with E-state index in [1.807, 2.05) is 0 Å². The number of phenolic OH excluding ortho intramolecular Hbond substituents is 1. The van der Waals surface area contributed by atoms with Crippen LogP contribution in [0, 0.1) is 13.7 Å². The van der Waals surface area contributed by atoms with Crippen LogP contribution in [0.2, 0.25) is 0 Å². The number of carbonyl (C=O) groups is 2. The lowest BCUT2D eigenvalue weighted by Gasteiger charge is -2.10. The zero-order chi connectivity index (χ0) is 17.1. The molecule has 0 bridgehead atoms. The molecule has 10 heteroatoms. The number of benzene rings is 1. The quantitative estimate of drug-likeness (QED) is 0.318. The number of methoxy groups -OCH3 is 1. The molecule has 8 nitrogen and oxygen atoms in total. The van der Waals surface area contributed by atoms with Gasteiger partial charge in [0.2, 0.25) is 0 Å². The fourth-order valence-electron chi connectivity index (χ4n) is 1.84. The van der Waals surface area contributed by atoms with E-state index >= 15 is 0 Å². The third-order valence-corrected chi connectivity index (χ3v) is 4.70. The summed E-state index contributed by atoms with van der Waals surface area (Å²) < 4.78 is 5.12. The molecule has 2 amide bonds. The van der Waals surface area contributed by atoms with Gasteiger partial charge in [-0.1, -0.05) is 0 Å². The smallest absolute Gasteiger partial charge is 0.293 e. The molecule has 122 valence electrons. The second-order valence-electron chi connectivity index (χ2n) is 4.45. The van der Waals surface area contributed by atoms with Crippen LogP contribution >= 0.6 is 34.4 Å². The summed E-state index contributed by atoms with van der Waals surface area (Å²) >= 11 is 2.47. The van der Waals surface area contributed by atoms with Crippen molar-refractivity contribution in [2.24, 2.45) is 0 Å². The van der Waals surface area contributed by atoms with Crippen LogP contribution in [0.4, 0.5) is 10.5 Å². The molecule has 1 fully saturated rings. The van der Waals surface area contributed by atoms with Crippen LogP contribution < -0.4 is 0 Å². The minimum Gasteiger partial charge on any atom is -0.506 e. The Balaban J connectivity index is 2.37. The molecule has 0 spiro atoms. The maximum absolute atomic E-state index is 12.2. The number of phenols is 1. The van der Waals surface area contributed by atoms with Crippen molar-refractivity contribution in [2.45, 2.75) is 0 Å². The van der Waals surface area contributed by atoms with Gasteiger partial charge >= 0.3 is 0 Å². The van der Waals surface area contributed by atoms with Gasteiger partial charge in [-0.25, -0.2) is 0 Å². The van der Waals surface area contributed by atoms with Gasteiger partial charge in [-0.3, -0.25) is 24.6 Å². The SMILES string of the molecule is COCCN1C(=O)S/C(=C/c2cc([N+](=O)[O-])cc(I)c2O)C1=O. The van der Waals surface area contributed by atoms with Crippen molar-refractivity contribution >= 4 is 57.3 Å². The largest absolute Gasteiger partial charge is 0.506 e. The number of thioether (sulfide) groups is 1. The average Bonchev–Trinajstić information content (AvgIpc) is 2.75. The number of nitrogens with zero attached hydrogens (tertiary/aromatic N) is 2. The summed E-state index contributed by atoms with van der Waals surface area (Å²) in [5, 5.41) is 20.5. The van der Waals surface area contributed by atoms with Gasteiger partial charge in [-0.15, -0.1) is 0 Å². The molecule has 0 atom stereocenters. The van der Waals surface area contributed by atoms with Gasteiger partial charge in [0.15, 0.2) is 0 Å². The molecule has 1 saturated heterocycles. The minimum atomic E-state index is -0.594. The van der Waals surface area contributed by atoms with Crippen molar-refractivity contribution in [2.75, 3.05) is 20.3 Å². The van der Waals surface area contributed by atoms with E-state index in [1.54, 1.807) is 22.6 Å². The third kappa shape index (κ3) is 3.82. The molecule has 0 aliphatic carbocycles. The Morgan fingerprint density at radius 1 is 1.48 bits per heavy atom. The molecule has 1 N–H and O–H groups in total. The number of rotatable bonds is 5. The molecule has 2 rings (SSSR count). The number of hydrogen-bond acceptors (Lipinski definition) is 7. The van der Waals surface area contributed by atoms with Crippen molar-refractivity contribution in [3.63, 3.8) is 0 Å². The maximum atomic E-state index is 12.2. The lowest BCUT2D eigenvalue weighted by Crippen LogP contribution is -2.31. The number of amides is 2. The molecule has 1 aromatic rings. The Labute approximate surface area is 148 Å². The van der Waals surface area contributed by atoms with E-state index in [9.17, 15) is 24.8 Å². The average molecular weight is 450 g/mol. The van der Waals surface area contributed by atoms with E-state index in [1.165, 1.54) is 19.3 Å². The van der Waals surface area contributed by atoms with Crippen LogP contribution in [0.25, 0.3) is 6.08 Å². The summed E-state index contributed by atoms with van der Waals surface area (Å²) in [6.45, 7) is 0.336. The number of imide groups is 1. The highest BCUT2D eigenvalue weighted by molar-refractivity contribution is 14.1. The normalized spacial score (nSPS) is 16.4. The predicted molar refractivity (Wildman–Crippen MR) is 92.0 cm³/mol. The molecule has 0 saturated carbocycles. The summed E-state index contributed by atoms with van der Waals surface area (Å²) in [6.07, 6.45) is 1.28. The van der Waals surface area contributed by atoms with Crippen LogP contribution in [0.15, 0.2) is 17.0 Å². The number of halogens is 1. The van der Waals surface area contributed by atoms with Gasteiger partial charge in [-0.05, 0) is 40.4 Å². The Morgan fingerprint density at radius 2 is 2.17 bits per heavy atom. The molecule has 1 heterocycles. The van der Waals surface area contributed by atoms with Crippen molar-refractivity contribution in [3.8, 4) is 5.75 Å². The highest BCUT2D eigenvalue weighted by Crippen LogP contribution is 2.36. The molecule has 1 aliphatic rings. The lowest BCUT2D eigenvalue weighted by atomic mass is 10.1. The summed E-state index contributed by atoms with van der Waals surface area (Å²) in [6, 6.07) is 2.37. The monoisotopic (exact) mass is 450 g/mol. The Hall–Kier alpha value is -1.66. The number of aromatic hydroxyl groups is 1. The lowest BCUT2D eigenvalue weighted by molar-refractivity contribution is -0.385. The Kier molecular flexibility index (Phi) is 5.59. The predicted octanol–water partition coefficient (Wildman–Crippen LogP) is 2.59. The Bertz CT molecular complexity index is 721. The Morgan fingerprint density at radius 3 is 2.78 bits per heavy atom. The van der Waals surface area contributed by atoms with E-state index in [4.69, 9.17) is 4.74 Å². The first-order valence-corrected chi connectivity index (χ1v) is 8.16. The van der Waals surface area contributed by atoms with E-state index in [0.29, 0.717) is 11.8 Å². The van der Waals surface area contributed by atoms with Crippen molar-refractivity contribution in [1.82, 2.24) is 4.90 Å². The molecule has 0 radical (unpaired) electrons. The van der Waals surface area contributed by atoms with Crippen LogP contribution in [-0.4, -0.2) is 46.3 Å². The molecular weight excluding hydrogens is 439 g/mol. The van der Waals surface area contributed by atoms with E-state index in [2.05, 4.69) is 0 Å². The maximum Gasteiger partial charge on any atom is 0.293 e. The summed E-state index contributed by atoms with van der Waals surface area (Å²) in [7, 11) is 1.46. The van der Waals surface area contributed by atoms with Gasteiger partial charge in [0, 0.05) is 24.8 Å². The summed E-state index contributed by atoms with van der Waals surface area (Å²) in [5.41, 5.74) is -0.0992. The molecule has 1 aliphatic heterocycles. The van der Waals surface area contributed by atoms with E-state index < -0.39 is 16.1 Å². The number of carbonyl (C=O) groups excluding carboxylic acids is 2. The van der Waals surface area contributed by atoms with E-state index in [0.717, 1.165) is 11.0 Å². The highest BCUT2D eigenvalue weighted by atomic mass is 127. The van der Waals surface area contributed by atoms with Crippen LogP contribution in [-0.2, 0) is 9.53 Å². The first kappa shape index (κ1) is 17.7. The van der Waals surface area contributed by atoms with Crippen molar-refractivity contribution in [1.29, 1.82) is 0 Å². The standard InChI is InChI=1S/C13H11IN2O6S/c1-22-3-2-15-12(18)10(23-13(15)19)5-7-4-8(16(20)21)6-9(14)11(7)17/h4-6,17H,2-3H2,1H3/b10-5+. The number of non-ortho nitro benzene ring substituents is 1. The third-order valence-electron chi connectivity index (χ3n) is 2.97. The van der Waals surface area contributed by atoms with Gasteiger partial charge in [-0.2, -0.15) is 0 Å². The van der Waals surface area contributed by atoms with Gasteiger partial charge in [0.25, 0.3) is 16.8 Å². The minimum absolute atomic E-state index is 0.0951. The van der Waals surface area contributed by atoms with Crippen LogP contribution in [0.1, 0.15) is 5.56 Å². The number of ether oxygens (including phenoxy) is 1. The first-order chi connectivity index (χ1) is 10.8. The van der Waals surface area contributed by atoms with Crippen molar-refractivity contribution < 1.29 is 24.4 Å². The van der Waals surface area contributed by atoms with Crippen molar-refractivity contribution in [3.05, 3.63) is 36.3 Å². The fourth-order valence-corrected chi connectivity index (χ4v) is 3.32. The van der Waals surface area contributed by atoms with Gasteiger partial charge in [0.1, 0.15) is 5.75 Å². The highest BCUT2D eigenvalue weighted by Gasteiger charge is 2.35. The molecule has 0 unspecified atom stereocenters. The number of hydrogen-bond donors (Lipinski definition) is 1.